The van der Waals surface area contributed by atoms with Gasteiger partial charge in [-0.3, -0.25) is 19.8 Å². The van der Waals surface area contributed by atoms with Crippen molar-refractivity contribution in [1.82, 2.24) is 4.90 Å². The maximum atomic E-state index is 12.4. The lowest BCUT2D eigenvalue weighted by molar-refractivity contribution is -0.385. The Morgan fingerprint density at radius 1 is 1.24 bits per heavy atom. The average molecular weight is 431 g/mol. The summed E-state index contributed by atoms with van der Waals surface area (Å²) in [6.45, 7) is 2.50. The van der Waals surface area contributed by atoms with E-state index in [4.69, 9.17) is 21.7 Å². The van der Waals surface area contributed by atoms with Crippen LogP contribution in [0.15, 0.2) is 47.4 Å². The molecular formula is C20H18N2O5S2. The van der Waals surface area contributed by atoms with Gasteiger partial charge in [0.15, 0.2) is 11.5 Å². The Morgan fingerprint density at radius 2 is 1.97 bits per heavy atom. The third kappa shape index (κ3) is 4.57. The zero-order valence-corrected chi connectivity index (χ0v) is 17.4. The Hall–Kier alpha value is -2.91. The van der Waals surface area contributed by atoms with Crippen LogP contribution in [0.4, 0.5) is 5.69 Å². The molecule has 1 saturated heterocycles. The van der Waals surface area contributed by atoms with Crippen molar-refractivity contribution in [2.45, 2.75) is 13.5 Å². The van der Waals surface area contributed by atoms with Gasteiger partial charge in [0.1, 0.15) is 10.9 Å². The Balaban J connectivity index is 1.96. The van der Waals surface area contributed by atoms with Crippen molar-refractivity contribution in [3.63, 3.8) is 0 Å². The van der Waals surface area contributed by atoms with Gasteiger partial charge >= 0.3 is 0 Å². The number of likely N-dealkylation sites (N-methyl/N-ethyl adjacent to an activating group) is 1. The van der Waals surface area contributed by atoms with Gasteiger partial charge in [0.2, 0.25) is 0 Å². The second-order valence-electron chi connectivity index (χ2n) is 6.02. The van der Waals surface area contributed by atoms with Gasteiger partial charge in [-0.15, -0.1) is 0 Å². The quantitative estimate of drug-likeness (QED) is 0.279. The fraction of sp³-hybridized carbons (Fsp3) is 0.200. The van der Waals surface area contributed by atoms with Crippen molar-refractivity contribution < 1.29 is 19.2 Å². The van der Waals surface area contributed by atoms with Crippen LogP contribution >= 0.6 is 24.0 Å². The summed E-state index contributed by atoms with van der Waals surface area (Å²) in [5, 5.41) is 11.6. The highest BCUT2D eigenvalue weighted by molar-refractivity contribution is 8.26. The summed E-state index contributed by atoms with van der Waals surface area (Å²) in [4.78, 5) is 25.3. The number of benzene rings is 2. The van der Waals surface area contributed by atoms with Crippen LogP contribution in [0.25, 0.3) is 6.08 Å². The van der Waals surface area contributed by atoms with E-state index in [1.807, 2.05) is 37.3 Å². The predicted octanol–water partition coefficient (Wildman–Crippen LogP) is 4.40. The van der Waals surface area contributed by atoms with Crippen LogP contribution in [0.1, 0.15) is 18.1 Å². The number of methoxy groups -OCH3 is 1. The number of hydrogen-bond acceptors (Lipinski definition) is 7. The molecule has 9 heteroatoms. The second kappa shape index (κ2) is 9.06. The van der Waals surface area contributed by atoms with E-state index in [2.05, 4.69) is 0 Å². The van der Waals surface area contributed by atoms with Crippen LogP contribution < -0.4 is 9.47 Å². The van der Waals surface area contributed by atoms with Gasteiger partial charge in [-0.05, 0) is 24.6 Å². The summed E-state index contributed by atoms with van der Waals surface area (Å²) in [7, 11) is 1.46. The summed E-state index contributed by atoms with van der Waals surface area (Å²) in [5.74, 6) is 0.324. The molecule has 1 amide bonds. The van der Waals surface area contributed by atoms with Crippen LogP contribution in [0.2, 0.25) is 0 Å². The number of nitro groups is 1. The number of rotatable bonds is 7. The molecule has 0 aliphatic carbocycles. The highest BCUT2D eigenvalue weighted by Crippen LogP contribution is 2.39. The number of thiocarbonyl (C=S) groups is 1. The van der Waals surface area contributed by atoms with E-state index in [1.165, 1.54) is 30.2 Å². The Labute approximate surface area is 177 Å². The number of nitrogens with zero attached hydrogens (tertiary/aromatic N) is 2. The number of carbonyl (C=O) groups is 1. The van der Waals surface area contributed by atoms with Crippen molar-refractivity contribution in [3.05, 3.63) is 68.6 Å². The fourth-order valence-corrected chi connectivity index (χ4v) is 4.14. The summed E-state index contributed by atoms with van der Waals surface area (Å²) in [6, 6.07) is 12.3. The van der Waals surface area contributed by atoms with E-state index in [-0.39, 0.29) is 29.5 Å². The fourth-order valence-electron chi connectivity index (χ4n) is 2.76. The molecule has 0 bridgehead atoms. The summed E-state index contributed by atoms with van der Waals surface area (Å²) in [6.07, 6.45) is 1.47. The van der Waals surface area contributed by atoms with Gasteiger partial charge in [0.25, 0.3) is 11.6 Å². The minimum atomic E-state index is -0.513. The SMILES string of the molecule is CCN1C(=O)/C(=C/c2cc(OC)c(OCc3ccccc3)cc2[N+](=O)[O-])SC1=S. The zero-order chi connectivity index (χ0) is 21.0. The van der Waals surface area contributed by atoms with Gasteiger partial charge in [-0.2, -0.15) is 0 Å². The normalized spacial score (nSPS) is 15.1. The van der Waals surface area contributed by atoms with Crippen molar-refractivity contribution in [1.29, 1.82) is 0 Å². The molecule has 3 rings (SSSR count). The molecule has 1 heterocycles. The highest BCUT2D eigenvalue weighted by Gasteiger charge is 2.31. The predicted molar refractivity (Wildman–Crippen MR) is 116 cm³/mol. The molecular weight excluding hydrogens is 412 g/mol. The van der Waals surface area contributed by atoms with E-state index < -0.39 is 4.92 Å². The molecule has 2 aromatic carbocycles. The summed E-state index contributed by atoms with van der Waals surface area (Å²) >= 11 is 6.31. The molecule has 0 unspecified atom stereocenters. The molecule has 1 fully saturated rings. The van der Waals surface area contributed by atoms with Gasteiger partial charge in [0, 0.05) is 6.54 Å². The molecule has 2 aromatic rings. The maximum absolute atomic E-state index is 12.4. The number of nitro benzene ring substituents is 1. The zero-order valence-electron chi connectivity index (χ0n) is 15.8. The largest absolute Gasteiger partial charge is 0.493 e. The van der Waals surface area contributed by atoms with Gasteiger partial charge in [-0.1, -0.05) is 54.3 Å². The van der Waals surface area contributed by atoms with Crippen LogP contribution in [0, 0.1) is 10.1 Å². The first-order valence-corrected chi connectivity index (χ1v) is 9.95. The van der Waals surface area contributed by atoms with E-state index >= 15 is 0 Å². The maximum Gasteiger partial charge on any atom is 0.280 e. The first-order chi connectivity index (χ1) is 13.9. The van der Waals surface area contributed by atoms with Gasteiger partial charge < -0.3 is 9.47 Å². The topological polar surface area (TPSA) is 81.9 Å². The Morgan fingerprint density at radius 3 is 2.55 bits per heavy atom. The number of amides is 1. The van der Waals surface area contributed by atoms with Gasteiger partial charge in [0.05, 0.1) is 28.6 Å². The number of hydrogen-bond donors (Lipinski definition) is 0. The number of ether oxygens (including phenoxy) is 2. The first kappa shape index (κ1) is 20.8. The van der Waals surface area contributed by atoms with Crippen LogP contribution in [-0.2, 0) is 11.4 Å². The van der Waals surface area contributed by atoms with Crippen molar-refractivity contribution >= 4 is 46.0 Å². The first-order valence-electron chi connectivity index (χ1n) is 8.73. The minimum Gasteiger partial charge on any atom is -0.493 e. The Bertz CT molecular complexity index is 992. The molecule has 1 aliphatic heterocycles. The average Bonchev–Trinajstić information content (AvgIpc) is 2.99. The van der Waals surface area contributed by atoms with Crippen LogP contribution in [0.3, 0.4) is 0 Å². The summed E-state index contributed by atoms with van der Waals surface area (Å²) in [5.41, 5.74) is 0.982. The molecule has 0 aromatic heterocycles. The van der Waals surface area contributed by atoms with Crippen molar-refractivity contribution in [2.24, 2.45) is 0 Å². The number of carbonyl (C=O) groups excluding carboxylic acids is 1. The third-order valence-corrected chi connectivity index (χ3v) is 5.60. The molecule has 1 aliphatic rings. The van der Waals surface area contributed by atoms with E-state index in [0.717, 1.165) is 17.3 Å². The molecule has 0 spiro atoms. The van der Waals surface area contributed by atoms with Crippen molar-refractivity contribution in [2.75, 3.05) is 13.7 Å². The molecule has 0 N–H and O–H groups in total. The molecule has 150 valence electrons. The molecule has 0 radical (unpaired) electrons. The van der Waals surface area contributed by atoms with Gasteiger partial charge in [-0.25, -0.2) is 0 Å². The molecule has 0 saturated carbocycles. The lowest BCUT2D eigenvalue weighted by Gasteiger charge is -2.12. The van der Waals surface area contributed by atoms with E-state index in [1.54, 1.807) is 0 Å². The molecule has 29 heavy (non-hydrogen) atoms. The highest BCUT2D eigenvalue weighted by atomic mass is 32.2. The van der Waals surface area contributed by atoms with Crippen LogP contribution in [-0.4, -0.2) is 33.7 Å². The lowest BCUT2D eigenvalue weighted by atomic mass is 10.1. The monoisotopic (exact) mass is 430 g/mol. The number of thioether (sulfide) groups is 1. The summed E-state index contributed by atoms with van der Waals surface area (Å²) < 4.78 is 11.5. The minimum absolute atomic E-state index is 0.185. The smallest absolute Gasteiger partial charge is 0.280 e. The third-order valence-electron chi connectivity index (χ3n) is 4.22. The van der Waals surface area contributed by atoms with Crippen LogP contribution in [0.5, 0.6) is 11.5 Å². The second-order valence-corrected chi connectivity index (χ2v) is 7.70. The van der Waals surface area contributed by atoms with Crippen molar-refractivity contribution in [3.8, 4) is 11.5 Å². The lowest BCUT2D eigenvalue weighted by Crippen LogP contribution is -2.27. The van der Waals surface area contributed by atoms with E-state index in [0.29, 0.717) is 21.5 Å². The standard InChI is InChI=1S/C20H18N2O5S2/c1-3-21-19(23)18(29-20(21)28)10-14-9-16(26-2)17(11-15(14)22(24)25)27-12-13-7-5-4-6-8-13/h4-11H,3,12H2,1-2H3/b18-10-. The Kier molecular flexibility index (Phi) is 6.50. The molecule has 0 atom stereocenters. The molecule has 7 nitrogen and oxygen atoms in total. The van der Waals surface area contributed by atoms with E-state index in [9.17, 15) is 14.9 Å².